The van der Waals surface area contributed by atoms with Crippen LogP contribution in [0.25, 0.3) is 0 Å². The number of carbonyl (C=O) groups is 1. The average molecular weight is 524 g/mol. The highest BCUT2D eigenvalue weighted by Gasteiger charge is 2.31. The van der Waals surface area contributed by atoms with E-state index in [1.54, 1.807) is 4.90 Å². The third kappa shape index (κ3) is 5.06. The number of nitrogens with zero attached hydrogens (tertiary/aromatic N) is 3. The van der Waals surface area contributed by atoms with Crippen LogP contribution in [0.1, 0.15) is 40.4 Å². The molecule has 2 heterocycles. The molecule has 3 aromatic rings. The molecular formula is C28H30ClN3O3S. The molecule has 188 valence electrons. The second kappa shape index (κ2) is 10.7. The van der Waals surface area contributed by atoms with E-state index in [0.717, 1.165) is 12.8 Å². The quantitative estimate of drug-likeness (QED) is 0.471. The lowest BCUT2D eigenvalue weighted by molar-refractivity contribution is 0.0597. The van der Waals surface area contributed by atoms with Gasteiger partial charge in [0.2, 0.25) is 10.0 Å². The van der Waals surface area contributed by atoms with Gasteiger partial charge >= 0.3 is 0 Å². The summed E-state index contributed by atoms with van der Waals surface area (Å²) in [5.41, 5.74) is 2.67. The summed E-state index contributed by atoms with van der Waals surface area (Å²) in [5, 5.41) is 0.272. The van der Waals surface area contributed by atoms with Crippen molar-refractivity contribution >= 4 is 27.5 Å². The van der Waals surface area contributed by atoms with Gasteiger partial charge in [0.1, 0.15) is 0 Å². The van der Waals surface area contributed by atoms with Gasteiger partial charge in [-0.25, -0.2) is 8.42 Å². The van der Waals surface area contributed by atoms with Crippen molar-refractivity contribution in [3.8, 4) is 0 Å². The SMILES string of the molecule is O=C(c1cc(S(=O)(=O)N2CCCC2)ccc1Cl)N1CCN(C(c2ccccc2)c2ccccc2)CC1. The summed E-state index contributed by atoms with van der Waals surface area (Å²) in [4.78, 5) is 17.7. The van der Waals surface area contributed by atoms with E-state index in [1.165, 1.54) is 33.6 Å². The van der Waals surface area contributed by atoms with Gasteiger partial charge in [-0.05, 0) is 42.2 Å². The van der Waals surface area contributed by atoms with Crippen molar-refractivity contribution < 1.29 is 13.2 Å². The molecule has 2 aliphatic heterocycles. The second-order valence-electron chi connectivity index (χ2n) is 9.30. The highest BCUT2D eigenvalue weighted by Crippen LogP contribution is 2.31. The number of sulfonamides is 1. The van der Waals surface area contributed by atoms with Crippen LogP contribution in [0.5, 0.6) is 0 Å². The molecule has 0 radical (unpaired) electrons. The van der Waals surface area contributed by atoms with E-state index in [4.69, 9.17) is 11.6 Å². The Labute approximate surface area is 218 Å². The van der Waals surface area contributed by atoms with Gasteiger partial charge in [0.05, 0.1) is 21.5 Å². The van der Waals surface area contributed by atoms with Crippen molar-refractivity contribution in [2.75, 3.05) is 39.3 Å². The molecule has 36 heavy (non-hydrogen) atoms. The minimum absolute atomic E-state index is 0.0992. The maximum absolute atomic E-state index is 13.5. The van der Waals surface area contributed by atoms with Crippen LogP contribution in [0.15, 0.2) is 83.8 Å². The zero-order valence-corrected chi connectivity index (χ0v) is 21.7. The smallest absolute Gasteiger partial charge is 0.255 e. The first-order chi connectivity index (χ1) is 17.4. The monoisotopic (exact) mass is 523 g/mol. The summed E-state index contributed by atoms with van der Waals surface area (Å²) in [7, 11) is -3.63. The highest BCUT2D eigenvalue weighted by molar-refractivity contribution is 7.89. The molecule has 0 atom stereocenters. The van der Waals surface area contributed by atoms with Gasteiger partial charge in [-0.2, -0.15) is 4.31 Å². The molecule has 1 amide bonds. The largest absolute Gasteiger partial charge is 0.336 e. The molecule has 0 spiro atoms. The Kier molecular flexibility index (Phi) is 7.44. The van der Waals surface area contributed by atoms with Gasteiger partial charge in [0, 0.05) is 39.3 Å². The number of benzene rings is 3. The maximum atomic E-state index is 13.5. The van der Waals surface area contributed by atoms with Crippen LogP contribution in [-0.2, 0) is 10.0 Å². The fourth-order valence-corrected chi connectivity index (χ4v) is 6.89. The zero-order chi connectivity index (χ0) is 25.1. The summed E-state index contributed by atoms with van der Waals surface area (Å²) < 4.78 is 27.6. The predicted octanol–water partition coefficient (Wildman–Crippen LogP) is 4.67. The lowest BCUT2D eigenvalue weighted by Crippen LogP contribution is -2.50. The van der Waals surface area contributed by atoms with Crippen molar-refractivity contribution in [1.29, 1.82) is 0 Å². The number of piperazine rings is 1. The van der Waals surface area contributed by atoms with E-state index < -0.39 is 10.0 Å². The van der Waals surface area contributed by atoms with Crippen LogP contribution in [-0.4, -0.2) is 67.7 Å². The van der Waals surface area contributed by atoms with E-state index in [1.807, 2.05) is 12.1 Å². The van der Waals surface area contributed by atoms with E-state index in [9.17, 15) is 13.2 Å². The van der Waals surface area contributed by atoms with Crippen molar-refractivity contribution in [3.63, 3.8) is 0 Å². The molecule has 0 N–H and O–H groups in total. The summed E-state index contributed by atoms with van der Waals surface area (Å²) in [6.45, 7) is 3.50. The molecule has 2 saturated heterocycles. The van der Waals surface area contributed by atoms with Gasteiger partial charge in [-0.1, -0.05) is 72.3 Å². The predicted molar refractivity (Wildman–Crippen MR) is 142 cm³/mol. The van der Waals surface area contributed by atoms with Gasteiger partial charge in [-0.3, -0.25) is 9.69 Å². The van der Waals surface area contributed by atoms with Crippen molar-refractivity contribution in [2.24, 2.45) is 0 Å². The molecule has 6 nitrogen and oxygen atoms in total. The van der Waals surface area contributed by atoms with Crippen LogP contribution >= 0.6 is 11.6 Å². The molecule has 0 aromatic heterocycles. The summed E-state index contributed by atoms with van der Waals surface area (Å²) in [5.74, 6) is -0.228. The average Bonchev–Trinajstić information content (AvgIpc) is 3.47. The van der Waals surface area contributed by atoms with Gasteiger partial charge in [-0.15, -0.1) is 0 Å². The normalized spacial score (nSPS) is 17.6. The lowest BCUT2D eigenvalue weighted by Gasteiger charge is -2.40. The Morgan fingerprint density at radius 1 is 0.750 bits per heavy atom. The summed E-state index contributed by atoms with van der Waals surface area (Å²) >= 11 is 6.39. The van der Waals surface area contributed by atoms with E-state index in [-0.39, 0.29) is 27.4 Å². The Morgan fingerprint density at radius 3 is 1.86 bits per heavy atom. The number of rotatable bonds is 6. The Bertz CT molecular complexity index is 1260. The molecule has 8 heteroatoms. The van der Waals surface area contributed by atoms with Crippen molar-refractivity contribution in [2.45, 2.75) is 23.8 Å². The maximum Gasteiger partial charge on any atom is 0.255 e. The molecule has 2 aliphatic rings. The summed E-state index contributed by atoms with van der Waals surface area (Å²) in [6.07, 6.45) is 1.71. The number of carbonyl (C=O) groups excluding carboxylic acids is 1. The fraction of sp³-hybridized carbons (Fsp3) is 0.321. The molecule has 3 aromatic carbocycles. The lowest BCUT2D eigenvalue weighted by atomic mass is 9.96. The van der Waals surface area contributed by atoms with Gasteiger partial charge in [0.15, 0.2) is 0 Å². The van der Waals surface area contributed by atoms with Gasteiger partial charge < -0.3 is 4.90 Å². The van der Waals surface area contributed by atoms with Crippen LogP contribution in [0.4, 0.5) is 0 Å². The Hall–Kier alpha value is -2.71. The second-order valence-corrected chi connectivity index (χ2v) is 11.7. The number of hydrogen-bond donors (Lipinski definition) is 0. The molecule has 0 bridgehead atoms. The minimum atomic E-state index is -3.63. The molecule has 0 unspecified atom stereocenters. The fourth-order valence-electron chi connectivity index (χ4n) is 5.14. The minimum Gasteiger partial charge on any atom is -0.336 e. The Morgan fingerprint density at radius 2 is 1.31 bits per heavy atom. The van der Waals surface area contributed by atoms with Crippen molar-refractivity contribution in [3.05, 3.63) is 101 Å². The first-order valence-corrected chi connectivity index (χ1v) is 14.2. The van der Waals surface area contributed by atoms with Crippen LogP contribution in [0.3, 0.4) is 0 Å². The van der Waals surface area contributed by atoms with E-state index in [0.29, 0.717) is 39.3 Å². The van der Waals surface area contributed by atoms with Crippen LogP contribution in [0, 0.1) is 0 Å². The topological polar surface area (TPSA) is 60.9 Å². The first kappa shape index (κ1) is 25.0. The Balaban J connectivity index is 1.34. The van der Waals surface area contributed by atoms with Crippen molar-refractivity contribution in [1.82, 2.24) is 14.1 Å². The third-order valence-corrected chi connectivity index (χ3v) is 9.29. The molecule has 2 fully saturated rings. The molecule has 5 rings (SSSR count). The van der Waals surface area contributed by atoms with E-state index in [2.05, 4.69) is 53.4 Å². The van der Waals surface area contributed by atoms with Crippen LogP contribution < -0.4 is 0 Å². The molecular weight excluding hydrogens is 494 g/mol. The molecule has 0 aliphatic carbocycles. The number of halogens is 1. The highest BCUT2D eigenvalue weighted by atomic mass is 35.5. The summed E-state index contributed by atoms with van der Waals surface area (Å²) in [6, 6.07) is 25.4. The standard InChI is InChI=1S/C28H30ClN3O3S/c29-26-14-13-24(36(34,35)32-15-7-8-16-32)21-25(26)28(33)31-19-17-30(18-20-31)27(22-9-3-1-4-10-22)23-11-5-2-6-12-23/h1-6,9-14,21,27H,7-8,15-20H2. The molecule has 0 saturated carbocycles. The van der Waals surface area contributed by atoms with Gasteiger partial charge in [0.25, 0.3) is 5.91 Å². The third-order valence-electron chi connectivity index (χ3n) is 7.07. The number of amides is 1. The number of hydrogen-bond acceptors (Lipinski definition) is 4. The van der Waals surface area contributed by atoms with Crippen LogP contribution in [0.2, 0.25) is 5.02 Å². The first-order valence-electron chi connectivity index (χ1n) is 12.4. The van der Waals surface area contributed by atoms with E-state index >= 15 is 0 Å². The zero-order valence-electron chi connectivity index (χ0n) is 20.1.